The van der Waals surface area contributed by atoms with E-state index in [0.717, 1.165) is 11.1 Å². The number of para-hydroxylation sites is 2. The highest BCUT2D eigenvalue weighted by molar-refractivity contribution is 6.31. The molecule has 3 aromatic heterocycles. The molecule has 0 aliphatic rings. The third kappa shape index (κ3) is 4.13. The van der Waals surface area contributed by atoms with Crippen molar-refractivity contribution in [1.82, 2.24) is 19.5 Å². The second-order valence-corrected chi connectivity index (χ2v) is 10.9. The van der Waals surface area contributed by atoms with Crippen molar-refractivity contribution >= 4 is 55.3 Å². The second kappa shape index (κ2) is 10.2. The summed E-state index contributed by atoms with van der Waals surface area (Å²) in [5.41, 5.74) is 3.21. The van der Waals surface area contributed by atoms with Crippen molar-refractivity contribution in [3.63, 3.8) is 0 Å². The average molecular weight is 606 g/mol. The summed E-state index contributed by atoms with van der Waals surface area (Å²) in [6.07, 6.45) is 0. The lowest BCUT2D eigenvalue weighted by Gasteiger charge is -2.15. The highest BCUT2D eigenvalue weighted by Gasteiger charge is 2.22. The van der Waals surface area contributed by atoms with Gasteiger partial charge in [0.1, 0.15) is 5.58 Å². The van der Waals surface area contributed by atoms with E-state index in [1.807, 2.05) is 60.7 Å². The fourth-order valence-electron chi connectivity index (χ4n) is 5.76. The van der Waals surface area contributed by atoms with Crippen LogP contribution in [0.1, 0.15) is 9.60 Å². The lowest BCUT2D eigenvalue weighted by atomic mass is 10.1. The van der Waals surface area contributed by atoms with Crippen LogP contribution in [-0.4, -0.2) is 19.5 Å². The van der Waals surface area contributed by atoms with Gasteiger partial charge in [-0.05, 0) is 36.4 Å². The minimum atomic E-state index is -0.268. The van der Waals surface area contributed by atoms with Crippen LogP contribution in [0.2, 0.25) is 5.02 Å². The number of hydrogen-bond donors (Lipinski definition) is 0. The van der Waals surface area contributed by atoms with Crippen LogP contribution in [0, 0.1) is 0 Å². The van der Waals surface area contributed by atoms with E-state index in [4.69, 9.17) is 39.2 Å². The summed E-state index contributed by atoms with van der Waals surface area (Å²) in [7, 11) is 0. The van der Waals surface area contributed by atoms with Gasteiger partial charge >= 0.3 is 0 Å². The molecule has 0 amide bonds. The Bertz CT molecular complexity index is 2890. The Morgan fingerprint density at radius 2 is 1.27 bits per heavy atom. The standard InChI is InChI=1S/C39H23ClN4O/c40-26-19-22-33(31(23-26)39-42-37(24-11-3-1-4-12-24)41-38(43-39)25-13-5-2-6-14-25)44-32-17-9-7-15-27(32)29-20-21-30-28-16-8-10-18-34(28)45-36(30)35(29)44/h1-23H/i7D,8D,15D,16D,17D,20D,21D. The van der Waals surface area contributed by atoms with Crippen LogP contribution in [0.15, 0.2) is 144 Å². The Balaban J connectivity index is 1.47. The molecule has 0 saturated carbocycles. The molecular weight excluding hydrogens is 576 g/mol. The molecule has 0 bridgehead atoms. The highest BCUT2D eigenvalue weighted by Crippen LogP contribution is 2.42. The van der Waals surface area contributed by atoms with Crippen molar-refractivity contribution in [3.05, 3.63) is 144 Å². The lowest BCUT2D eigenvalue weighted by molar-refractivity contribution is 0.671. The van der Waals surface area contributed by atoms with Crippen LogP contribution < -0.4 is 0 Å². The molecule has 3 heterocycles. The summed E-state index contributed by atoms with van der Waals surface area (Å²) in [5, 5.41) is 1.02. The maximum absolute atomic E-state index is 9.29. The molecule has 0 saturated heterocycles. The zero-order valence-corrected chi connectivity index (χ0v) is 24.1. The van der Waals surface area contributed by atoms with Gasteiger partial charge in [0, 0.05) is 43.3 Å². The van der Waals surface area contributed by atoms with Gasteiger partial charge in [-0.1, -0.05) is 115 Å². The fraction of sp³-hybridized carbons (Fsp3) is 0. The third-order valence-corrected chi connectivity index (χ3v) is 8.00. The van der Waals surface area contributed by atoms with Crippen LogP contribution in [0.5, 0.6) is 0 Å². The predicted octanol–water partition coefficient (Wildman–Crippen LogP) is 10.5. The normalized spacial score (nSPS) is 13.8. The molecule has 0 unspecified atom stereocenters. The summed E-state index contributed by atoms with van der Waals surface area (Å²) in [6, 6.07) is 27.1. The molecule has 0 aliphatic heterocycles. The van der Waals surface area contributed by atoms with E-state index in [2.05, 4.69) is 0 Å². The Kier molecular flexibility index (Phi) is 4.40. The van der Waals surface area contributed by atoms with E-state index < -0.39 is 0 Å². The van der Waals surface area contributed by atoms with E-state index in [-0.39, 0.29) is 91.9 Å². The first-order valence-electron chi connectivity index (χ1n) is 17.7. The molecule has 0 aliphatic carbocycles. The van der Waals surface area contributed by atoms with Gasteiger partial charge in [0.25, 0.3) is 0 Å². The first-order valence-corrected chi connectivity index (χ1v) is 14.5. The van der Waals surface area contributed by atoms with Crippen molar-refractivity contribution in [2.24, 2.45) is 0 Å². The largest absolute Gasteiger partial charge is 0.454 e. The molecule has 9 rings (SSSR count). The molecule has 6 heteroatoms. The van der Waals surface area contributed by atoms with E-state index in [1.54, 1.807) is 28.8 Å². The molecule has 0 N–H and O–H groups in total. The van der Waals surface area contributed by atoms with Gasteiger partial charge in [-0.25, -0.2) is 15.0 Å². The Labute approximate surface area is 272 Å². The van der Waals surface area contributed by atoms with E-state index in [9.17, 15) is 1.37 Å². The predicted molar refractivity (Wildman–Crippen MR) is 183 cm³/mol. The van der Waals surface area contributed by atoms with Crippen molar-refractivity contribution in [2.75, 3.05) is 0 Å². The molecule has 0 fully saturated rings. The molecule has 5 nitrogen and oxygen atoms in total. The molecular formula is C39H23ClN4O. The molecule has 0 spiro atoms. The zero-order chi connectivity index (χ0) is 36.0. The van der Waals surface area contributed by atoms with Gasteiger partial charge in [-0.15, -0.1) is 0 Å². The van der Waals surface area contributed by atoms with Gasteiger partial charge < -0.3 is 8.98 Å². The summed E-state index contributed by atoms with van der Waals surface area (Å²) >= 11 is 6.70. The monoisotopic (exact) mass is 605 g/mol. The van der Waals surface area contributed by atoms with E-state index in [1.165, 1.54) is 12.1 Å². The average Bonchev–Trinajstić information content (AvgIpc) is 3.73. The molecule has 6 aromatic carbocycles. The zero-order valence-electron chi connectivity index (χ0n) is 30.3. The maximum atomic E-state index is 9.29. The fourth-order valence-corrected chi connectivity index (χ4v) is 5.94. The van der Waals surface area contributed by atoms with Crippen molar-refractivity contribution in [3.8, 4) is 39.9 Å². The van der Waals surface area contributed by atoms with Gasteiger partial charge in [0.05, 0.1) is 26.3 Å². The number of fused-ring (bicyclic) bond motifs is 7. The van der Waals surface area contributed by atoms with Crippen molar-refractivity contribution < 1.29 is 14.0 Å². The molecule has 45 heavy (non-hydrogen) atoms. The van der Waals surface area contributed by atoms with Crippen LogP contribution in [0.4, 0.5) is 0 Å². The number of nitrogens with zero attached hydrogens (tertiary/aromatic N) is 4. The summed E-state index contributed by atoms with van der Waals surface area (Å²) in [5.74, 6) is 1.07. The van der Waals surface area contributed by atoms with Crippen LogP contribution in [0.3, 0.4) is 0 Å². The number of benzene rings is 6. The van der Waals surface area contributed by atoms with Gasteiger partial charge in [0.2, 0.25) is 0 Å². The Morgan fingerprint density at radius 1 is 0.600 bits per heavy atom. The molecule has 0 radical (unpaired) electrons. The quantitative estimate of drug-likeness (QED) is 0.200. The number of halogens is 1. The number of rotatable bonds is 4. The Morgan fingerprint density at radius 3 is 2.02 bits per heavy atom. The maximum Gasteiger partial charge on any atom is 0.166 e. The number of furan rings is 1. The number of aromatic nitrogens is 4. The minimum Gasteiger partial charge on any atom is -0.454 e. The molecule has 9 aromatic rings. The van der Waals surface area contributed by atoms with Crippen LogP contribution >= 0.6 is 11.6 Å². The Hall–Kier alpha value is -5.78. The van der Waals surface area contributed by atoms with Crippen LogP contribution in [0.25, 0.3) is 83.6 Å². The topological polar surface area (TPSA) is 56.7 Å². The third-order valence-electron chi connectivity index (χ3n) is 7.77. The van der Waals surface area contributed by atoms with Crippen LogP contribution in [-0.2, 0) is 0 Å². The summed E-state index contributed by atoms with van der Waals surface area (Å²) < 4.78 is 70.2. The first kappa shape index (κ1) is 19.5. The van der Waals surface area contributed by atoms with Gasteiger partial charge in [0.15, 0.2) is 23.1 Å². The summed E-state index contributed by atoms with van der Waals surface area (Å²) in [4.78, 5) is 14.7. The smallest absolute Gasteiger partial charge is 0.166 e. The van der Waals surface area contributed by atoms with E-state index >= 15 is 0 Å². The number of hydrogen-bond acceptors (Lipinski definition) is 4. The lowest BCUT2D eigenvalue weighted by Crippen LogP contribution is -2.03. The van der Waals surface area contributed by atoms with E-state index in [0.29, 0.717) is 27.9 Å². The molecule has 0 atom stereocenters. The van der Waals surface area contributed by atoms with Gasteiger partial charge in [-0.2, -0.15) is 0 Å². The van der Waals surface area contributed by atoms with Crippen molar-refractivity contribution in [1.29, 1.82) is 0 Å². The second-order valence-electron chi connectivity index (χ2n) is 10.4. The van der Waals surface area contributed by atoms with Gasteiger partial charge in [-0.3, -0.25) is 0 Å². The summed E-state index contributed by atoms with van der Waals surface area (Å²) in [6.45, 7) is 0. The highest BCUT2D eigenvalue weighted by atomic mass is 35.5. The minimum absolute atomic E-state index is 0.0687. The first-order chi connectivity index (χ1) is 25.1. The SMILES string of the molecule is [2H]c1ccc2oc3c(c([2H])c([2H])c4c5c([2H])c([2H])cc([2H])c5n(-c5ccc(Cl)cc5-c5nc(-c6ccccc6)nc(-c6ccccc6)n5)c34)c2c1[2H]. The molecule has 212 valence electrons. The van der Waals surface area contributed by atoms with Crippen molar-refractivity contribution in [2.45, 2.75) is 0 Å².